The highest BCUT2D eigenvalue weighted by atomic mass is 35.5. The van der Waals surface area contributed by atoms with Crippen molar-refractivity contribution in [2.45, 2.75) is 49.2 Å². The predicted octanol–water partition coefficient (Wildman–Crippen LogP) is 1.19. The molecule has 0 amide bonds. The molecule has 2 unspecified atom stereocenters. The molecule has 3 N–H and O–H groups in total. The molecule has 1 aromatic carbocycles. The van der Waals surface area contributed by atoms with Gasteiger partial charge in [-0.15, -0.1) is 0 Å². The minimum Gasteiger partial charge on any atom is -0.394 e. The SMILES string of the molecule is OC[C@H]1O[C@@H](n2cnc3c(N4CCC5(CCc6ccccc65)C4)nc(Cl)nc32)C(O)[C@H]1O. The van der Waals surface area contributed by atoms with E-state index >= 15 is 0 Å². The van der Waals surface area contributed by atoms with E-state index in [4.69, 9.17) is 16.3 Å². The van der Waals surface area contributed by atoms with Crippen molar-refractivity contribution >= 4 is 28.6 Å². The molecule has 32 heavy (non-hydrogen) atoms. The third-order valence-electron chi connectivity index (χ3n) is 7.28. The molecular formula is C22H24ClN5O4. The number of imidazole rings is 1. The number of rotatable bonds is 3. The van der Waals surface area contributed by atoms with Crippen molar-refractivity contribution in [3.05, 3.63) is 47.0 Å². The molecule has 1 aliphatic carbocycles. The van der Waals surface area contributed by atoms with Gasteiger partial charge in [0.25, 0.3) is 0 Å². The fourth-order valence-electron chi connectivity index (χ4n) is 5.63. The Labute approximate surface area is 189 Å². The van der Waals surface area contributed by atoms with Crippen LogP contribution in [0.2, 0.25) is 5.28 Å². The maximum atomic E-state index is 10.5. The molecule has 2 aromatic heterocycles. The topological polar surface area (TPSA) is 117 Å². The molecule has 9 nitrogen and oxygen atoms in total. The van der Waals surface area contributed by atoms with E-state index in [1.165, 1.54) is 17.5 Å². The molecule has 1 spiro atoms. The van der Waals surface area contributed by atoms with E-state index in [0.717, 1.165) is 32.4 Å². The maximum absolute atomic E-state index is 10.5. The summed E-state index contributed by atoms with van der Waals surface area (Å²) in [7, 11) is 0. The number of aliphatic hydroxyl groups is 3. The first-order valence-electron chi connectivity index (χ1n) is 10.9. The molecule has 5 atom stereocenters. The van der Waals surface area contributed by atoms with Crippen LogP contribution in [0.4, 0.5) is 5.82 Å². The zero-order valence-electron chi connectivity index (χ0n) is 17.3. The van der Waals surface area contributed by atoms with E-state index in [1.807, 2.05) is 0 Å². The molecule has 6 rings (SSSR count). The summed E-state index contributed by atoms with van der Waals surface area (Å²) in [6.07, 6.45) is 0.486. The van der Waals surface area contributed by atoms with E-state index < -0.39 is 31.1 Å². The monoisotopic (exact) mass is 457 g/mol. The Hall–Kier alpha value is -2.30. The van der Waals surface area contributed by atoms with Crippen LogP contribution in [-0.2, 0) is 16.6 Å². The Morgan fingerprint density at radius 2 is 2.00 bits per heavy atom. The summed E-state index contributed by atoms with van der Waals surface area (Å²) in [6.45, 7) is 1.25. The van der Waals surface area contributed by atoms with E-state index in [1.54, 1.807) is 4.57 Å². The van der Waals surface area contributed by atoms with Gasteiger partial charge in [-0.25, -0.2) is 4.98 Å². The van der Waals surface area contributed by atoms with Crippen LogP contribution in [0.25, 0.3) is 11.2 Å². The molecule has 2 aliphatic heterocycles. The Morgan fingerprint density at radius 1 is 1.16 bits per heavy atom. The van der Waals surface area contributed by atoms with E-state index in [-0.39, 0.29) is 10.7 Å². The van der Waals surface area contributed by atoms with E-state index in [9.17, 15) is 15.3 Å². The van der Waals surface area contributed by atoms with Crippen molar-refractivity contribution in [3.8, 4) is 0 Å². The van der Waals surface area contributed by atoms with Crippen LogP contribution >= 0.6 is 11.6 Å². The lowest BCUT2D eigenvalue weighted by Gasteiger charge is -2.26. The molecule has 0 bridgehead atoms. The summed E-state index contributed by atoms with van der Waals surface area (Å²) >= 11 is 6.31. The number of benzene rings is 1. The van der Waals surface area contributed by atoms with Crippen molar-refractivity contribution in [2.75, 3.05) is 24.6 Å². The van der Waals surface area contributed by atoms with E-state index in [2.05, 4.69) is 44.1 Å². The van der Waals surface area contributed by atoms with Gasteiger partial charge in [0, 0.05) is 18.5 Å². The van der Waals surface area contributed by atoms with Gasteiger partial charge in [-0.3, -0.25) is 4.57 Å². The number of hydrogen-bond donors (Lipinski definition) is 3. The summed E-state index contributed by atoms with van der Waals surface area (Å²) in [5.74, 6) is 0.659. The molecule has 2 fully saturated rings. The summed E-state index contributed by atoms with van der Waals surface area (Å²) in [5.41, 5.74) is 3.94. The largest absolute Gasteiger partial charge is 0.394 e. The average Bonchev–Trinajstić information content (AvgIpc) is 3.56. The molecule has 3 aromatic rings. The van der Waals surface area contributed by atoms with Crippen LogP contribution < -0.4 is 4.90 Å². The Kier molecular flexibility index (Phi) is 4.67. The predicted molar refractivity (Wildman–Crippen MR) is 117 cm³/mol. The lowest BCUT2D eigenvalue weighted by molar-refractivity contribution is -0.0511. The number of aryl methyl sites for hydroxylation is 1. The van der Waals surface area contributed by atoms with Crippen LogP contribution in [-0.4, -0.2) is 72.8 Å². The summed E-state index contributed by atoms with van der Waals surface area (Å²) in [4.78, 5) is 15.6. The molecule has 0 radical (unpaired) electrons. The first kappa shape index (κ1) is 20.3. The number of aliphatic hydroxyl groups excluding tert-OH is 3. The second-order valence-corrected chi connectivity index (χ2v) is 9.32. The highest BCUT2D eigenvalue weighted by molar-refractivity contribution is 6.28. The van der Waals surface area contributed by atoms with Crippen LogP contribution in [0.1, 0.15) is 30.2 Å². The van der Waals surface area contributed by atoms with Gasteiger partial charge in [0.15, 0.2) is 23.2 Å². The number of halogens is 1. The molecule has 0 saturated carbocycles. The van der Waals surface area contributed by atoms with Gasteiger partial charge in [0.2, 0.25) is 5.28 Å². The minimum absolute atomic E-state index is 0.0776. The molecule has 3 aliphatic rings. The third-order valence-corrected chi connectivity index (χ3v) is 7.45. The van der Waals surface area contributed by atoms with Crippen molar-refractivity contribution in [3.63, 3.8) is 0 Å². The van der Waals surface area contributed by atoms with Crippen LogP contribution in [0.3, 0.4) is 0 Å². The Balaban J connectivity index is 1.37. The quantitative estimate of drug-likeness (QED) is 0.502. The number of nitrogens with zero attached hydrogens (tertiary/aromatic N) is 5. The maximum Gasteiger partial charge on any atom is 0.226 e. The Bertz CT molecular complexity index is 1190. The highest BCUT2D eigenvalue weighted by Crippen LogP contribution is 2.47. The summed E-state index contributed by atoms with van der Waals surface area (Å²) in [5, 5.41) is 30.1. The standard InChI is InChI=1S/C22H24ClN5O4/c23-21-25-18(27-8-7-22(10-27)6-5-12-3-1-2-4-13(12)22)15-19(26-21)28(11-24-15)20-17(31)16(30)14(9-29)32-20/h1-4,11,14,16-17,20,29-31H,5-10H2/t14-,16+,17?,20-,22?/m1/s1. The number of fused-ring (bicyclic) bond motifs is 3. The number of aromatic nitrogens is 4. The molecule has 10 heteroatoms. The summed E-state index contributed by atoms with van der Waals surface area (Å²) in [6, 6.07) is 8.67. The number of hydrogen-bond acceptors (Lipinski definition) is 8. The summed E-state index contributed by atoms with van der Waals surface area (Å²) < 4.78 is 7.21. The third kappa shape index (κ3) is 2.89. The normalized spacial score (nSPS) is 31.8. The van der Waals surface area contributed by atoms with Crippen molar-refractivity contribution in [1.82, 2.24) is 19.5 Å². The lowest BCUT2D eigenvalue weighted by atomic mass is 9.81. The number of anilines is 1. The van der Waals surface area contributed by atoms with Crippen LogP contribution in [0.5, 0.6) is 0 Å². The lowest BCUT2D eigenvalue weighted by Crippen LogP contribution is -2.33. The fourth-order valence-corrected chi connectivity index (χ4v) is 5.79. The number of ether oxygens (including phenoxy) is 1. The molecule has 2 saturated heterocycles. The fraction of sp³-hybridized carbons (Fsp3) is 0.500. The van der Waals surface area contributed by atoms with Gasteiger partial charge >= 0.3 is 0 Å². The Morgan fingerprint density at radius 3 is 2.81 bits per heavy atom. The zero-order valence-corrected chi connectivity index (χ0v) is 18.1. The molecule has 168 valence electrons. The first-order valence-corrected chi connectivity index (χ1v) is 11.2. The van der Waals surface area contributed by atoms with E-state index in [0.29, 0.717) is 17.0 Å². The smallest absolute Gasteiger partial charge is 0.226 e. The zero-order chi connectivity index (χ0) is 22.0. The first-order chi connectivity index (χ1) is 15.5. The van der Waals surface area contributed by atoms with Crippen LogP contribution in [0, 0.1) is 0 Å². The second-order valence-electron chi connectivity index (χ2n) is 8.98. The van der Waals surface area contributed by atoms with Crippen molar-refractivity contribution in [2.24, 2.45) is 0 Å². The van der Waals surface area contributed by atoms with Gasteiger partial charge in [0.1, 0.15) is 18.3 Å². The van der Waals surface area contributed by atoms with Crippen LogP contribution in [0.15, 0.2) is 30.6 Å². The molecular weight excluding hydrogens is 434 g/mol. The van der Waals surface area contributed by atoms with Gasteiger partial charge in [-0.2, -0.15) is 9.97 Å². The van der Waals surface area contributed by atoms with Gasteiger partial charge < -0.3 is 25.0 Å². The highest BCUT2D eigenvalue weighted by Gasteiger charge is 2.46. The second kappa shape index (κ2) is 7.36. The van der Waals surface area contributed by atoms with Crippen molar-refractivity contribution < 1.29 is 20.1 Å². The van der Waals surface area contributed by atoms with Gasteiger partial charge in [-0.05, 0) is 42.0 Å². The van der Waals surface area contributed by atoms with Gasteiger partial charge in [-0.1, -0.05) is 24.3 Å². The minimum atomic E-state index is -1.23. The van der Waals surface area contributed by atoms with Gasteiger partial charge in [0.05, 0.1) is 12.9 Å². The van der Waals surface area contributed by atoms with Crippen molar-refractivity contribution in [1.29, 1.82) is 0 Å². The molecule has 4 heterocycles. The average molecular weight is 458 g/mol.